The van der Waals surface area contributed by atoms with Crippen LogP contribution in [0.3, 0.4) is 0 Å². The number of rotatable bonds is 8. The molecule has 27 heavy (non-hydrogen) atoms. The summed E-state index contributed by atoms with van der Waals surface area (Å²) >= 11 is 0. The second kappa shape index (κ2) is 10.8. The minimum atomic E-state index is -0.118. The number of hydrogen-bond donors (Lipinski definition) is 2. The smallest absolute Gasteiger partial charge is 0.315 e. The third kappa shape index (κ3) is 7.12. The predicted molar refractivity (Wildman–Crippen MR) is 107 cm³/mol. The van der Waals surface area contributed by atoms with Crippen molar-refractivity contribution in [3.63, 3.8) is 0 Å². The summed E-state index contributed by atoms with van der Waals surface area (Å²) in [6, 6.07) is 6.15. The van der Waals surface area contributed by atoms with Crippen LogP contribution < -0.4 is 15.4 Å². The first-order valence-corrected chi connectivity index (χ1v) is 9.91. The Hall–Kier alpha value is -2.24. The highest BCUT2D eigenvalue weighted by atomic mass is 16.5. The van der Waals surface area contributed by atoms with Gasteiger partial charge in [0.1, 0.15) is 5.75 Å². The van der Waals surface area contributed by atoms with E-state index in [9.17, 15) is 9.59 Å². The van der Waals surface area contributed by atoms with E-state index in [0.717, 1.165) is 29.7 Å². The van der Waals surface area contributed by atoms with Crippen LogP contribution in [-0.2, 0) is 11.3 Å². The first-order valence-electron chi connectivity index (χ1n) is 9.91. The van der Waals surface area contributed by atoms with E-state index in [1.54, 1.807) is 19.1 Å². The van der Waals surface area contributed by atoms with Gasteiger partial charge in [-0.15, -0.1) is 0 Å². The molecule has 1 aliphatic rings. The van der Waals surface area contributed by atoms with Crippen LogP contribution in [0.1, 0.15) is 56.1 Å². The van der Waals surface area contributed by atoms with E-state index in [-0.39, 0.29) is 11.9 Å². The first-order chi connectivity index (χ1) is 13.0. The first kappa shape index (κ1) is 21.1. The molecule has 1 aromatic carbocycles. The standard InChI is InChI=1S/C21H33N3O3/c1-16-11-12-19(27-3)17(14-16)15-24(2)20(25)10-7-13-22-21(26)23-18-8-5-4-6-9-18/h11-12,14,18H,4-10,13,15H2,1-3H3,(H2,22,23,26). The summed E-state index contributed by atoms with van der Waals surface area (Å²) in [5.41, 5.74) is 2.14. The van der Waals surface area contributed by atoms with E-state index in [4.69, 9.17) is 4.74 Å². The zero-order chi connectivity index (χ0) is 19.6. The zero-order valence-corrected chi connectivity index (χ0v) is 16.8. The lowest BCUT2D eigenvalue weighted by molar-refractivity contribution is -0.130. The molecule has 3 amide bonds. The number of nitrogens with one attached hydrogen (secondary N) is 2. The fourth-order valence-electron chi connectivity index (χ4n) is 3.49. The topological polar surface area (TPSA) is 70.7 Å². The van der Waals surface area contributed by atoms with Gasteiger partial charge in [-0.1, -0.05) is 37.0 Å². The third-order valence-corrected chi connectivity index (χ3v) is 5.06. The van der Waals surface area contributed by atoms with E-state index in [2.05, 4.69) is 10.6 Å². The van der Waals surface area contributed by atoms with Crippen LogP contribution in [0.15, 0.2) is 18.2 Å². The fourth-order valence-corrected chi connectivity index (χ4v) is 3.49. The number of carbonyl (C=O) groups excluding carboxylic acids is 2. The predicted octanol–water partition coefficient (Wildman–Crippen LogP) is 3.37. The van der Waals surface area contributed by atoms with Crippen LogP contribution in [0.2, 0.25) is 0 Å². The van der Waals surface area contributed by atoms with Gasteiger partial charge in [0.15, 0.2) is 0 Å². The molecule has 1 aliphatic carbocycles. The minimum Gasteiger partial charge on any atom is -0.496 e. The summed E-state index contributed by atoms with van der Waals surface area (Å²) in [5.74, 6) is 0.856. The molecule has 0 radical (unpaired) electrons. The molecule has 0 saturated heterocycles. The maximum atomic E-state index is 12.4. The average Bonchev–Trinajstić information content (AvgIpc) is 2.66. The molecule has 0 aromatic heterocycles. The number of carbonyl (C=O) groups is 2. The molecule has 0 spiro atoms. The number of benzene rings is 1. The molecule has 1 saturated carbocycles. The van der Waals surface area contributed by atoms with Gasteiger partial charge in [-0.3, -0.25) is 4.79 Å². The van der Waals surface area contributed by atoms with Gasteiger partial charge in [0.2, 0.25) is 5.91 Å². The molecule has 0 aliphatic heterocycles. The van der Waals surface area contributed by atoms with Gasteiger partial charge in [-0.05, 0) is 32.3 Å². The summed E-state index contributed by atoms with van der Waals surface area (Å²) in [6.45, 7) is 3.04. The minimum absolute atomic E-state index is 0.0630. The maximum Gasteiger partial charge on any atom is 0.315 e. The van der Waals surface area contributed by atoms with Crippen LogP contribution >= 0.6 is 0 Å². The van der Waals surface area contributed by atoms with Gasteiger partial charge in [-0.25, -0.2) is 4.79 Å². The Morgan fingerprint density at radius 1 is 1.22 bits per heavy atom. The van der Waals surface area contributed by atoms with Crippen molar-refractivity contribution < 1.29 is 14.3 Å². The Balaban J connectivity index is 1.67. The Bertz CT molecular complexity index is 627. The monoisotopic (exact) mass is 375 g/mol. The number of aryl methyl sites for hydroxylation is 1. The number of hydrogen-bond acceptors (Lipinski definition) is 3. The van der Waals surface area contributed by atoms with E-state index >= 15 is 0 Å². The molecule has 2 rings (SSSR count). The van der Waals surface area contributed by atoms with Crippen molar-refractivity contribution in [2.45, 2.75) is 64.5 Å². The Labute approximate surface area is 162 Å². The van der Waals surface area contributed by atoms with Gasteiger partial charge in [0.05, 0.1) is 7.11 Å². The molecule has 0 atom stereocenters. The third-order valence-electron chi connectivity index (χ3n) is 5.06. The van der Waals surface area contributed by atoms with Crippen LogP contribution in [0.5, 0.6) is 5.75 Å². The van der Waals surface area contributed by atoms with Crippen molar-refractivity contribution in [2.75, 3.05) is 20.7 Å². The fraction of sp³-hybridized carbons (Fsp3) is 0.619. The summed E-state index contributed by atoms with van der Waals surface area (Å²) in [5, 5.41) is 5.88. The molecule has 1 fully saturated rings. The highest BCUT2D eigenvalue weighted by Gasteiger charge is 2.16. The van der Waals surface area contributed by atoms with Crippen molar-refractivity contribution >= 4 is 11.9 Å². The lowest BCUT2D eigenvalue weighted by atomic mass is 9.96. The summed E-state index contributed by atoms with van der Waals surface area (Å²) in [6.07, 6.45) is 6.83. The Morgan fingerprint density at radius 2 is 1.96 bits per heavy atom. The van der Waals surface area contributed by atoms with E-state index in [0.29, 0.717) is 32.0 Å². The molecule has 0 heterocycles. The Kier molecular flexibility index (Phi) is 8.43. The lowest BCUT2D eigenvalue weighted by Crippen LogP contribution is -2.43. The molecule has 2 N–H and O–H groups in total. The van der Waals surface area contributed by atoms with Gasteiger partial charge in [-0.2, -0.15) is 0 Å². The highest BCUT2D eigenvalue weighted by Crippen LogP contribution is 2.21. The lowest BCUT2D eigenvalue weighted by Gasteiger charge is -2.23. The maximum absolute atomic E-state index is 12.4. The number of nitrogens with zero attached hydrogens (tertiary/aromatic N) is 1. The van der Waals surface area contributed by atoms with Gasteiger partial charge in [0, 0.05) is 38.2 Å². The van der Waals surface area contributed by atoms with Crippen LogP contribution in [0, 0.1) is 6.92 Å². The highest BCUT2D eigenvalue weighted by molar-refractivity contribution is 5.76. The molecule has 6 heteroatoms. The number of urea groups is 1. The summed E-state index contributed by atoms with van der Waals surface area (Å²) in [4.78, 5) is 26.0. The number of amides is 3. The SMILES string of the molecule is COc1ccc(C)cc1CN(C)C(=O)CCCNC(=O)NC1CCCCC1. The number of methoxy groups -OCH3 is 1. The Morgan fingerprint density at radius 3 is 2.67 bits per heavy atom. The summed E-state index contributed by atoms with van der Waals surface area (Å²) in [7, 11) is 3.44. The van der Waals surface area contributed by atoms with Crippen molar-refractivity contribution in [2.24, 2.45) is 0 Å². The normalized spacial score (nSPS) is 14.5. The van der Waals surface area contributed by atoms with Crippen molar-refractivity contribution in [3.8, 4) is 5.75 Å². The largest absolute Gasteiger partial charge is 0.496 e. The van der Waals surface area contributed by atoms with Gasteiger partial charge < -0.3 is 20.3 Å². The van der Waals surface area contributed by atoms with Gasteiger partial charge >= 0.3 is 6.03 Å². The molecule has 6 nitrogen and oxygen atoms in total. The van der Waals surface area contributed by atoms with Gasteiger partial charge in [0.25, 0.3) is 0 Å². The second-order valence-electron chi connectivity index (χ2n) is 7.40. The van der Waals surface area contributed by atoms with Crippen LogP contribution in [0.25, 0.3) is 0 Å². The van der Waals surface area contributed by atoms with E-state index < -0.39 is 0 Å². The van der Waals surface area contributed by atoms with Crippen molar-refractivity contribution in [1.29, 1.82) is 0 Å². The van der Waals surface area contributed by atoms with Crippen LogP contribution in [-0.4, -0.2) is 43.6 Å². The molecule has 150 valence electrons. The molecule has 0 unspecified atom stereocenters. The quantitative estimate of drug-likeness (QED) is 0.685. The van der Waals surface area contributed by atoms with Crippen LogP contribution in [0.4, 0.5) is 4.79 Å². The second-order valence-corrected chi connectivity index (χ2v) is 7.40. The molecule has 1 aromatic rings. The number of ether oxygens (including phenoxy) is 1. The van der Waals surface area contributed by atoms with Crippen molar-refractivity contribution in [1.82, 2.24) is 15.5 Å². The van der Waals surface area contributed by atoms with E-state index in [1.807, 2.05) is 25.1 Å². The zero-order valence-electron chi connectivity index (χ0n) is 16.8. The molecule has 0 bridgehead atoms. The molecular weight excluding hydrogens is 342 g/mol. The van der Waals surface area contributed by atoms with Crippen molar-refractivity contribution in [3.05, 3.63) is 29.3 Å². The average molecular weight is 376 g/mol. The van der Waals surface area contributed by atoms with E-state index in [1.165, 1.54) is 19.3 Å². The molecular formula is C21H33N3O3. The summed E-state index contributed by atoms with van der Waals surface area (Å²) < 4.78 is 5.38.